The van der Waals surface area contributed by atoms with Gasteiger partial charge in [0.25, 0.3) is 0 Å². The molecule has 1 heteroatoms. The Bertz CT molecular complexity index is 2160. The predicted molar refractivity (Wildman–Crippen MR) is 185 cm³/mol. The maximum Gasteiger partial charge on any atom is 0.0445 e. The minimum Gasteiger partial charge on any atom is -0.381 e. The number of hydrogen-bond donors (Lipinski definition) is 1. The Hall–Kier alpha value is -5.40. The van der Waals surface area contributed by atoms with Crippen LogP contribution in [0, 0.1) is 0 Å². The minimum atomic E-state index is 0.867. The maximum absolute atomic E-state index is 3.55. The summed E-state index contributed by atoms with van der Waals surface area (Å²) in [4.78, 5) is 0. The van der Waals surface area contributed by atoms with E-state index in [1.165, 1.54) is 82.5 Å². The van der Waals surface area contributed by atoms with Crippen molar-refractivity contribution in [3.63, 3.8) is 0 Å². The van der Waals surface area contributed by atoms with Gasteiger partial charge in [0.2, 0.25) is 0 Å². The highest BCUT2D eigenvalue weighted by atomic mass is 14.9. The average Bonchev–Trinajstić information content (AvgIpc) is 3.08. The number of dihydropyridines is 1. The second-order valence-electron chi connectivity index (χ2n) is 11.3. The van der Waals surface area contributed by atoms with Crippen LogP contribution < -0.4 is 5.32 Å². The topological polar surface area (TPSA) is 12.0 Å². The van der Waals surface area contributed by atoms with Crippen molar-refractivity contribution in [2.45, 2.75) is 6.92 Å². The Kier molecular flexibility index (Phi) is 6.16. The number of hydrogen-bond acceptors (Lipinski definition) is 1. The van der Waals surface area contributed by atoms with Gasteiger partial charge < -0.3 is 5.32 Å². The van der Waals surface area contributed by atoms with Crippen LogP contribution in [0.4, 0.5) is 0 Å². The first kappa shape index (κ1) is 25.3. The lowest BCUT2D eigenvalue weighted by atomic mass is 9.83. The van der Waals surface area contributed by atoms with Gasteiger partial charge in [-0.15, -0.1) is 0 Å². The quantitative estimate of drug-likeness (QED) is 0.215. The highest BCUT2D eigenvalue weighted by Gasteiger charge is 2.19. The summed E-state index contributed by atoms with van der Waals surface area (Å²) < 4.78 is 0. The van der Waals surface area contributed by atoms with Crippen LogP contribution in [0.1, 0.15) is 12.5 Å². The standard InChI is InChI=1S/C42H31N/c1-28-12-11-27-43-42(28)31-23-21-30(22-24-31)40-35-17-7-9-19-37(35)41(38-20-10-8-18-36(38)40)39-26-25-32(29-13-3-2-4-14-29)33-15-5-6-16-34(33)39/h2-26,43H,27H2,1H3. The summed E-state index contributed by atoms with van der Waals surface area (Å²) >= 11 is 0. The summed E-state index contributed by atoms with van der Waals surface area (Å²) in [5.74, 6) is 0. The zero-order chi connectivity index (χ0) is 28.8. The van der Waals surface area contributed by atoms with Gasteiger partial charge in [0, 0.05) is 12.2 Å². The first-order chi connectivity index (χ1) is 21.3. The summed E-state index contributed by atoms with van der Waals surface area (Å²) in [6, 6.07) is 51.1. The molecular weight excluding hydrogens is 518 g/mol. The van der Waals surface area contributed by atoms with Gasteiger partial charge in [-0.3, -0.25) is 0 Å². The molecule has 7 aromatic carbocycles. The second kappa shape index (κ2) is 10.5. The van der Waals surface area contributed by atoms with E-state index in [9.17, 15) is 0 Å². The second-order valence-corrected chi connectivity index (χ2v) is 11.3. The largest absolute Gasteiger partial charge is 0.381 e. The SMILES string of the molecule is CC1=C(c2ccc(-c3c4ccccc4c(-c4ccc(-c5ccccc5)c5ccccc45)c4ccccc34)cc2)NCC=C1. The van der Waals surface area contributed by atoms with Crippen molar-refractivity contribution in [3.8, 4) is 33.4 Å². The number of benzene rings is 7. The van der Waals surface area contributed by atoms with Crippen LogP contribution in [0.25, 0.3) is 71.4 Å². The highest BCUT2D eigenvalue weighted by Crippen LogP contribution is 2.46. The van der Waals surface area contributed by atoms with E-state index in [-0.39, 0.29) is 0 Å². The molecule has 0 spiro atoms. The molecule has 7 aromatic rings. The fraction of sp³-hybridized carbons (Fsp3) is 0.0476. The van der Waals surface area contributed by atoms with E-state index in [0.29, 0.717) is 0 Å². The van der Waals surface area contributed by atoms with Gasteiger partial charge in [0.15, 0.2) is 0 Å². The molecule has 0 saturated carbocycles. The monoisotopic (exact) mass is 549 g/mol. The third-order valence-corrected chi connectivity index (χ3v) is 8.83. The zero-order valence-corrected chi connectivity index (χ0v) is 24.1. The molecule has 0 fully saturated rings. The lowest BCUT2D eigenvalue weighted by Gasteiger charge is -2.20. The third kappa shape index (κ3) is 4.24. The van der Waals surface area contributed by atoms with Crippen LogP contribution in [-0.2, 0) is 0 Å². The number of allylic oxidation sites excluding steroid dienone is 2. The Labute approximate surface area is 252 Å². The van der Waals surface area contributed by atoms with Crippen LogP contribution >= 0.6 is 0 Å². The molecule has 0 atom stereocenters. The van der Waals surface area contributed by atoms with Crippen molar-refractivity contribution in [1.29, 1.82) is 0 Å². The minimum absolute atomic E-state index is 0.867. The Morgan fingerprint density at radius 2 is 0.907 bits per heavy atom. The van der Waals surface area contributed by atoms with Crippen molar-refractivity contribution in [1.82, 2.24) is 5.32 Å². The molecule has 0 bridgehead atoms. The molecule has 204 valence electrons. The highest BCUT2D eigenvalue weighted by molar-refractivity contribution is 6.24. The summed E-state index contributed by atoms with van der Waals surface area (Å²) in [5.41, 5.74) is 11.3. The van der Waals surface area contributed by atoms with Crippen LogP contribution in [0.3, 0.4) is 0 Å². The normalized spacial score (nSPS) is 13.1. The van der Waals surface area contributed by atoms with Gasteiger partial charge in [-0.2, -0.15) is 0 Å². The van der Waals surface area contributed by atoms with Gasteiger partial charge in [0.05, 0.1) is 0 Å². The Balaban J connectivity index is 1.39. The number of rotatable bonds is 4. The van der Waals surface area contributed by atoms with Gasteiger partial charge in [-0.25, -0.2) is 0 Å². The zero-order valence-electron chi connectivity index (χ0n) is 24.1. The molecule has 0 aliphatic carbocycles. The van der Waals surface area contributed by atoms with Crippen LogP contribution in [0.2, 0.25) is 0 Å². The van der Waals surface area contributed by atoms with Crippen molar-refractivity contribution in [2.24, 2.45) is 0 Å². The van der Waals surface area contributed by atoms with E-state index >= 15 is 0 Å². The van der Waals surface area contributed by atoms with Gasteiger partial charge in [0.1, 0.15) is 0 Å². The van der Waals surface area contributed by atoms with E-state index < -0.39 is 0 Å². The van der Waals surface area contributed by atoms with Crippen LogP contribution in [0.5, 0.6) is 0 Å². The van der Waals surface area contributed by atoms with Crippen LogP contribution in [-0.4, -0.2) is 6.54 Å². The van der Waals surface area contributed by atoms with Crippen molar-refractivity contribution in [3.05, 3.63) is 163 Å². The summed E-state index contributed by atoms with van der Waals surface area (Å²) in [7, 11) is 0. The molecule has 0 aromatic heterocycles. The van der Waals surface area contributed by atoms with Gasteiger partial charge in [-0.05, 0) is 83.8 Å². The molecule has 1 nitrogen and oxygen atoms in total. The first-order valence-electron chi connectivity index (χ1n) is 15.0. The van der Waals surface area contributed by atoms with Gasteiger partial charge in [-0.1, -0.05) is 152 Å². The van der Waals surface area contributed by atoms with E-state index in [4.69, 9.17) is 0 Å². The van der Waals surface area contributed by atoms with Crippen molar-refractivity contribution in [2.75, 3.05) is 6.54 Å². The molecule has 43 heavy (non-hydrogen) atoms. The number of nitrogens with one attached hydrogen (secondary N) is 1. The molecule has 0 radical (unpaired) electrons. The Morgan fingerprint density at radius 1 is 0.419 bits per heavy atom. The Morgan fingerprint density at radius 3 is 1.51 bits per heavy atom. The first-order valence-corrected chi connectivity index (χ1v) is 15.0. The lowest BCUT2D eigenvalue weighted by Crippen LogP contribution is -2.16. The van der Waals surface area contributed by atoms with E-state index in [0.717, 1.165) is 6.54 Å². The fourth-order valence-electron chi connectivity index (χ4n) is 6.87. The predicted octanol–water partition coefficient (Wildman–Crippen LogP) is 11.0. The molecule has 0 saturated heterocycles. The van der Waals surface area contributed by atoms with E-state index in [1.807, 2.05) is 0 Å². The van der Waals surface area contributed by atoms with Crippen molar-refractivity contribution >= 4 is 38.0 Å². The van der Waals surface area contributed by atoms with E-state index in [2.05, 4.69) is 164 Å². The molecule has 8 rings (SSSR count). The molecule has 1 aliphatic rings. The van der Waals surface area contributed by atoms with Crippen LogP contribution in [0.15, 0.2) is 157 Å². The summed E-state index contributed by atoms with van der Waals surface area (Å²) in [6.45, 7) is 3.04. The van der Waals surface area contributed by atoms with E-state index in [1.54, 1.807) is 0 Å². The molecule has 1 heterocycles. The molecule has 1 aliphatic heterocycles. The molecular formula is C42H31N. The molecule has 0 unspecified atom stereocenters. The summed E-state index contributed by atoms with van der Waals surface area (Å²) in [5, 5.41) is 11.2. The maximum atomic E-state index is 3.55. The van der Waals surface area contributed by atoms with Gasteiger partial charge >= 0.3 is 0 Å². The number of fused-ring (bicyclic) bond motifs is 3. The summed E-state index contributed by atoms with van der Waals surface area (Å²) in [6.07, 6.45) is 4.38. The third-order valence-electron chi connectivity index (χ3n) is 8.83. The van der Waals surface area contributed by atoms with Crippen molar-refractivity contribution < 1.29 is 0 Å². The average molecular weight is 550 g/mol. The fourth-order valence-corrected chi connectivity index (χ4v) is 6.87. The lowest BCUT2D eigenvalue weighted by molar-refractivity contribution is 0.980. The molecule has 1 N–H and O–H groups in total. The smallest absolute Gasteiger partial charge is 0.0445 e. The molecule has 0 amide bonds.